The lowest BCUT2D eigenvalue weighted by atomic mass is 10.2. The van der Waals surface area contributed by atoms with Crippen molar-refractivity contribution in [3.8, 4) is 0 Å². The maximum absolute atomic E-state index is 11.2. The third-order valence-electron chi connectivity index (χ3n) is 1.63. The second-order valence-corrected chi connectivity index (χ2v) is 4.28. The summed E-state index contributed by atoms with van der Waals surface area (Å²) in [5.41, 5.74) is -0.558. The molecular formula is C10H19NO5. The average molecular weight is 233 g/mol. The molecule has 2 N–H and O–H groups in total. The number of nitrogens with one attached hydrogen (secondary N) is 1. The molecule has 0 rings (SSSR count). The van der Waals surface area contributed by atoms with Gasteiger partial charge in [0.15, 0.2) is 6.10 Å². The van der Waals surface area contributed by atoms with Crippen LogP contribution in [0.1, 0.15) is 27.2 Å². The molecule has 6 nitrogen and oxygen atoms in total. The quantitative estimate of drug-likeness (QED) is 0.740. The largest absolute Gasteiger partial charge is 0.479 e. The van der Waals surface area contributed by atoms with Gasteiger partial charge < -0.3 is 19.9 Å². The van der Waals surface area contributed by atoms with Crippen LogP contribution in [-0.4, -0.2) is 42.5 Å². The number of carbonyl (C=O) groups is 2. The molecule has 0 bridgehead atoms. The molecule has 1 unspecified atom stereocenters. The van der Waals surface area contributed by atoms with E-state index in [0.29, 0.717) is 0 Å². The highest BCUT2D eigenvalue weighted by atomic mass is 16.6. The Morgan fingerprint density at radius 1 is 1.38 bits per heavy atom. The second kappa shape index (κ2) is 6.32. The Hall–Kier alpha value is -1.30. The number of amides is 1. The van der Waals surface area contributed by atoms with Crippen molar-refractivity contribution < 1.29 is 24.2 Å². The van der Waals surface area contributed by atoms with Crippen LogP contribution in [-0.2, 0) is 14.3 Å². The van der Waals surface area contributed by atoms with Gasteiger partial charge in [-0.1, -0.05) is 0 Å². The molecule has 0 saturated carbocycles. The van der Waals surface area contributed by atoms with Crippen LogP contribution in [0.5, 0.6) is 0 Å². The SMILES string of the molecule is COC(CCNC(=O)OC(C)(C)C)C(=O)O. The number of hydrogen-bond acceptors (Lipinski definition) is 4. The lowest BCUT2D eigenvalue weighted by molar-refractivity contribution is -0.148. The molecule has 0 radical (unpaired) electrons. The molecule has 0 aliphatic carbocycles. The van der Waals surface area contributed by atoms with Crippen molar-refractivity contribution in [1.29, 1.82) is 0 Å². The fraction of sp³-hybridized carbons (Fsp3) is 0.800. The van der Waals surface area contributed by atoms with E-state index in [0.717, 1.165) is 0 Å². The van der Waals surface area contributed by atoms with Crippen molar-refractivity contribution in [1.82, 2.24) is 5.32 Å². The average Bonchev–Trinajstić information content (AvgIpc) is 2.08. The van der Waals surface area contributed by atoms with Crippen molar-refractivity contribution in [2.75, 3.05) is 13.7 Å². The number of ether oxygens (including phenoxy) is 2. The predicted molar refractivity (Wildman–Crippen MR) is 57.3 cm³/mol. The Labute approximate surface area is 94.9 Å². The molecule has 0 saturated heterocycles. The first-order valence-electron chi connectivity index (χ1n) is 4.98. The summed E-state index contributed by atoms with van der Waals surface area (Å²) in [6, 6.07) is 0. The minimum Gasteiger partial charge on any atom is -0.479 e. The summed E-state index contributed by atoms with van der Waals surface area (Å²) in [7, 11) is 1.31. The Morgan fingerprint density at radius 3 is 2.31 bits per heavy atom. The van der Waals surface area contributed by atoms with Gasteiger partial charge in [0, 0.05) is 20.1 Å². The monoisotopic (exact) mass is 233 g/mol. The van der Waals surface area contributed by atoms with Crippen LogP contribution in [0.2, 0.25) is 0 Å². The number of carbonyl (C=O) groups excluding carboxylic acids is 1. The lowest BCUT2D eigenvalue weighted by Crippen LogP contribution is -2.35. The van der Waals surface area contributed by atoms with E-state index in [-0.39, 0.29) is 13.0 Å². The minimum absolute atomic E-state index is 0.194. The zero-order chi connectivity index (χ0) is 12.8. The fourth-order valence-corrected chi connectivity index (χ4v) is 0.962. The molecule has 16 heavy (non-hydrogen) atoms. The Bertz CT molecular complexity index is 246. The molecule has 94 valence electrons. The molecule has 0 heterocycles. The van der Waals surface area contributed by atoms with Gasteiger partial charge in [-0.3, -0.25) is 0 Å². The molecule has 1 atom stereocenters. The van der Waals surface area contributed by atoms with Crippen LogP contribution in [0.4, 0.5) is 4.79 Å². The molecule has 0 aromatic carbocycles. The molecule has 0 aromatic heterocycles. The Morgan fingerprint density at radius 2 is 1.94 bits per heavy atom. The first-order chi connectivity index (χ1) is 7.26. The maximum Gasteiger partial charge on any atom is 0.407 e. The molecular weight excluding hydrogens is 214 g/mol. The summed E-state index contributed by atoms with van der Waals surface area (Å²) in [5, 5.41) is 11.1. The Balaban J connectivity index is 3.81. The van der Waals surface area contributed by atoms with Crippen LogP contribution in [0.25, 0.3) is 0 Å². The highest BCUT2D eigenvalue weighted by Gasteiger charge is 2.18. The summed E-state index contributed by atoms with van der Waals surface area (Å²) in [6.45, 7) is 5.45. The van der Waals surface area contributed by atoms with E-state index in [1.165, 1.54) is 7.11 Å². The van der Waals surface area contributed by atoms with Gasteiger partial charge in [-0.15, -0.1) is 0 Å². The molecule has 0 aliphatic heterocycles. The summed E-state index contributed by atoms with van der Waals surface area (Å²) in [5.74, 6) is -1.05. The summed E-state index contributed by atoms with van der Waals surface area (Å²) >= 11 is 0. The highest BCUT2D eigenvalue weighted by Crippen LogP contribution is 2.06. The number of carboxylic acid groups (broad SMARTS) is 1. The summed E-state index contributed by atoms with van der Waals surface area (Å²) < 4.78 is 9.68. The van der Waals surface area contributed by atoms with Crippen LogP contribution in [0.3, 0.4) is 0 Å². The van der Waals surface area contributed by atoms with Gasteiger partial charge in [-0.05, 0) is 20.8 Å². The van der Waals surface area contributed by atoms with Gasteiger partial charge in [0.1, 0.15) is 5.60 Å². The van der Waals surface area contributed by atoms with E-state index in [4.69, 9.17) is 14.6 Å². The van der Waals surface area contributed by atoms with Gasteiger partial charge in [0.05, 0.1) is 0 Å². The predicted octanol–water partition coefficient (Wildman–Crippen LogP) is 1.00. The van der Waals surface area contributed by atoms with Crippen LogP contribution < -0.4 is 5.32 Å². The van der Waals surface area contributed by atoms with E-state index in [1.54, 1.807) is 20.8 Å². The smallest absolute Gasteiger partial charge is 0.407 e. The zero-order valence-electron chi connectivity index (χ0n) is 10.1. The lowest BCUT2D eigenvalue weighted by Gasteiger charge is -2.20. The third kappa shape index (κ3) is 7.05. The number of rotatable bonds is 5. The molecule has 6 heteroatoms. The first kappa shape index (κ1) is 14.7. The van der Waals surface area contributed by atoms with E-state index < -0.39 is 23.8 Å². The minimum atomic E-state index is -1.05. The van der Waals surface area contributed by atoms with Gasteiger partial charge >= 0.3 is 12.1 Å². The molecule has 0 aliphatic rings. The van der Waals surface area contributed by atoms with Crippen molar-refractivity contribution in [3.63, 3.8) is 0 Å². The van der Waals surface area contributed by atoms with Gasteiger partial charge in [0.2, 0.25) is 0 Å². The number of methoxy groups -OCH3 is 1. The second-order valence-electron chi connectivity index (χ2n) is 4.28. The molecule has 0 aromatic rings. The van der Waals surface area contributed by atoms with Crippen LogP contribution >= 0.6 is 0 Å². The van der Waals surface area contributed by atoms with E-state index >= 15 is 0 Å². The molecule has 0 spiro atoms. The zero-order valence-corrected chi connectivity index (χ0v) is 10.1. The maximum atomic E-state index is 11.2. The highest BCUT2D eigenvalue weighted by molar-refractivity contribution is 5.72. The fourth-order valence-electron chi connectivity index (χ4n) is 0.962. The third-order valence-corrected chi connectivity index (χ3v) is 1.63. The summed E-state index contributed by atoms with van der Waals surface area (Å²) in [4.78, 5) is 21.7. The first-order valence-corrected chi connectivity index (χ1v) is 4.98. The molecule has 0 fully saturated rings. The topological polar surface area (TPSA) is 84.9 Å². The van der Waals surface area contributed by atoms with Gasteiger partial charge in [-0.2, -0.15) is 0 Å². The van der Waals surface area contributed by atoms with Gasteiger partial charge in [-0.25, -0.2) is 9.59 Å². The van der Waals surface area contributed by atoms with E-state index in [2.05, 4.69) is 5.32 Å². The number of carboxylic acids is 1. The number of alkyl carbamates (subject to hydrolysis) is 1. The normalized spacial score (nSPS) is 13.0. The van der Waals surface area contributed by atoms with Crippen molar-refractivity contribution >= 4 is 12.1 Å². The van der Waals surface area contributed by atoms with E-state index in [9.17, 15) is 9.59 Å². The van der Waals surface area contributed by atoms with Crippen LogP contribution in [0.15, 0.2) is 0 Å². The number of hydrogen-bond donors (Lipinski definition) is 2. The standard InChI is InChI=1S/C10H19NO5/c1-10(2,3)16-9(14)11-6-5-7(15-4)8(12)13/h7H,5-6H2,1-4H3,(H,11,14)(H,12,13). The number of aliphatic carboxylic acids is 1. The molecule has 1 amide bonds. The van der Waals surface area contributed by atoms with E-state index in [1.807, 2.05) is 0 Å². The Kier molecular flexibility index (Phi) is 5.81. The van der Waals surface area contributed by atoms with Crippen molar-refractivity contribution in [2.45, 2.75) is 38.9 Å². The van der Waals surface area contributed by atoms with Crippen molar-refractivity contribution in [2.24, 2.45) is 0 Å². The summed E-state index contributed by atoms with van der Waals surface area (Å²) in [6.07, 6.45) is -1.27. The van der Waals surface area contributed by atoms with Crippen LogP contribution in [0, 0.1) is 0 Å². The van der Waals surface area contributed by atoms with Gasteiger partial charge in [0.25, 0.3) is 0 Å². The van der Waals surface area contributed by atoms with Crippen molar-refractivity contribution in [3.05, 3.63) is 0 Å².